The van der Waals surface area contributed by atoms with Crippen molar-refractivity contribution in [2.45, 2.75) is 26.4 Å². The average Bonchev–Trinajstić information content (AvgIpc) is 2.97. The summed E-state index contributed by atoms with van der Waals surface area (Å²) in [7, 11) is 1.97. The molecule has 0 fully saturated rings. The largest absolute Gasteiger partial charge is 0.309 e. The molecule has 25 heavy (non-hydrogen) atoms. The van der Waals surface area contributed by atoms with Crippen LogP contribution in [0.2, 0.25) is 0 Å². The van der Waals surface area contributed by atoms with E-state index in [1.807, 2.05) is 79.2 Å². The zero-order chi connectivity index (χ0) is 17.8. The van der Waals surface area contributed by atoms with Crippen molar-refractivity contribution in [1.82, 2.24) is 9.88 Å². The van der Waals surface area contributed by atoms with Gasteiger partial charge in [-0.25, -0.2) is 4.98 Å². The number of hydrogen-bond acceptors (Lipinski definition) is 4. The van der Waals surface area contributed by atoms with Crippen LogP contribution in [-0.4, -0.2) is 35.4 Å². The van der Waals surface area contributed by atoms with Gasteiger partial charge in [-0.2, -0.15) is 0 Å². The van der Waals surface area contributed by atoms with Gasteiger partial charge < -0.3 is 4.90 Å². The average molecular weight is 353 g/mol. The van der Waals surface area contributed by atoms with E-state index in [-0.39, 0.29) is 11.9 Å². The number of nitrogens with zero attached hydrogens (tertiary/aromatic N) is 3. The highest BCUT2D eigenvalue weighted by atomic mass is 32.1. The minimum Gasteiger partial charge on any atom is -0.309 e. The van der Waals surface area contributed by atoms with Gasteiger partial charge in [0.1, 0.15) is 5.01 Å². The maximum atomic E-state index is 12.8. The minimum atomic E-state index is 0.102. The third-order valence-electron chi connectivity index (χ3n) is 3.97. The molecule has 2 aromatic carbocycles. The van der Waals surface area contributed by atoms with E-state index in [2.05, 4.69) is 11.1 Å². The molecule has 1 heterocycles. The molecule has 0 spiro atoms. The predicted molar refractivity (Wildman–Crippen MR) is 105 cm³/mol. The number of carbonyl (C=O) groups excluding carboxylic acids is 1. The van der Waals surface area contributed by atoms with Gasteiger partial charge in [-0.1, -0.05) is 30.3 Å². The van der Waals surface area contributed by atoms with Gasteiger partial charge in [-0.3, -0.25) is 9.69 Å². The predicted octanol–water partition coefficient (Wildman–Crippen LogP) is 4.17. The number of likely N-dealkylation sites (N-methyl/N-ethyl adjacent to an activating group) is 1. The van der Waals surface area contributed by atoms with Crippen molar-refractivity contribution in [1.29, 1.82) is 0 Å². The molecule has 0 aliphatic rings. The van der Waals surface area contributed by atoms with Gasteiger partial charge in [-0.05, 0) is 45.2 Å². The van der Waals surface area contributed by atoms with E-state index in [4.69, 9.17) is 0 Å². The number of thiazole rings is 1. The minimum absolute atomic E-state index is 0.102. The smallest absolute Gasteiger partial charge is 0.241 e. The number of hydrogen-bond donors (Lipinski definition) is 0. The summed E-state index contributed by atoms with van der Waals surface area (Å²) in [6.45, 7) is 5.12. The molecule has 0 bridgehead atoms. The summed E-state index contributed by atoms with van der Waals surface area (Å²) >= 11 is 1.69. The van der Waals surface area contributed by atoms with E-state index < -0.39 is 0 Å². The third kappa shape index (κ3) is 4.24. The number of para-hydroxylation sites is 2. The van der Waals surface area contributed by atoms with Crippen molar-refractivity contribution in [3.63, 3.8) is 0 Å². The molecule has 5 heteroatoms. The Morgan fingerprint density at radius 2 is 1.76 bits per heavy atom. The molecule has 0 saturated heterocycles. The first-order chi connectivity index (χ1) is 12.0. The van der Waals surface area contributed by atoms with Crippen LogP contribution in [0.1, 0.15) is 18.9 Å². The highest BCUT2D eigenvalue weighted by Gasteiger charge is 2.20. The molecule has 0 radical (unpaired) electrons. The zero-order valence-corrected chi connectivity index (χ0v) is 15.7. The molecule has 0 aliphatic carbocycles. The molecule has 0 aliphatic heterocycles. The molecule has 4 nitrogen and oxygen atoms in total. The standard InChI is InChI=1S/C20H23N3OS/c1-15(2)23(16-9-5-4-6-10-16)20(24)14-22(3)13-19-21-17-11-7-8-12-18(17)25-19/h4-12,15H,13-14H2,1-3H3. The maximum Gasteiger partial charge on any atom is 0.241 e. The highest BCUT2D eigenvalue weighted by Crippen LogP contribution is 2.22. The Morgan fingerprint density at radius 3 is 2.44 bits per heavy atom. The second-order valence-corrected chi connectivity index (χ2v) is 7.56. The topological polar surface area (TPSA) is 36.4 Å². The number of fused-ring (bicyclic) bond motifs is 1. The van der Waals surface area contributed by atoms with E-state index in [1.54, 1.807) is 11.3 Å². The quantitative estimate of drug-likeness (QED) is 0.667. The Morgan fingerprint density at radius 1 is 1.08 bits per heavy atom. The fourth-order valence-corrected chi connectivity index (χ4v) is 3.95. The van der Waals surface area contributed by atoms with Crippen molar-refractivity contribution in [3.05, 3.63) is 59.6 Å². The van der Waals surface area contributed by atoms with Crippen molar-refractivity contribution >= 4 is 33.1 Å². The lowest BCUT2D eigenvalue weighted by Crippen LogP contribution is -2.42. The van der Waals surface area contributed by atoms with Gasteiger partial charge in [0, 0.05) is 11.7 Å². The Bertz CT molecular complexity index is 811. The number of carbonyl (C=O) groups is 1. The molecule has 130 valence electrons. The van der Waals surface area contributed by atoms with Gasteiger partial charge in [0.2, 0.25) is 5.91 Å². The molecule has 0 N–H and O–H groups in total. The van der Waals surface area contributed by atoms with Crippen molar-refractivity contribution < 1.29 is 4.79 Å². The number of rotatable bonds is 6. The van der Waals surface area contributed by atoms with Gasteiger partial charge in [-0.15, -0.1) is 11.3 Å². The van der Waals surface area contributed by atoms with Crippen molar-refractivity contribution in [2.24, 2.45) is 0 Å². The summed E-state index contributed by atoms with van der Waals surface area (Å²) in [5, 5.41) is 1.03. The van der Waals surface area contributed by atoms with Gasteiger partial charge in [0.05, 0.1) is 23.3 Å². The summed E-state index contributed by atoms with van der Waals surface area (Å²) in [5.74, 6) is 0.102. The fraction of sp³-hybridized carbons (Fsp3) is 0.300. The molecule has 0 atom stereocenters. The first kappa shape index (κ1) is 17.6. The number of aromatic nitrogens is 1. The van der Waals surface area contributed by atoms with Gasteiger partial charge >= 0.3 is 0 Å². The van der Waals surface area contributed by atoms with Crippen molar-refractivity contribution in [3.8, 4) is 0 Å². The third-order valence-corrected chi connectivity index (χ3v) is 4.99. The summed E-state index contributed by atoms with van der Waals surface area (Å²) in [4.78, 5) is 21.4. The summed E-state index contributed by atoms with van der Waals surface area (Å²) in [6, 6.07) is 18.1. The van der Waals surface area contributed by atoms with Gasteiger partial charge in [0.25, 0.3) is 0 Å². The summed E-state index contributed by atoms with van der Waals surface area (Å²) in [5.41, 5.74) is 1.96. The SMILES string of the molecule is CC(C)N(C(=O)CN(C)Cc1nc2ccccc2s1)c1ccccc1. The van der Waals surface area contributed by atoms with E-state index in [0.29, 0.717) is 13.1 Å². The Balaban J connectivity index is 1.68. The van der Waals surface area contributed by atoms with Crippen LogP contribution in [0, 0.1) is 0 Å². The maximum absolute atomic E-state index is 12.8. The Hall–Kier alpha value is -2.24. The van der Waals surface area contributed by atoms with E-state index in [9.17, 15) is 4.79 Å². The second-order valence-electron chi connectivity index (χ2n) is 6.44. The molecular formula is C20H23N3OS. The van der Waals surface area contributed by atoms with E-state index >= 15 is 0 Å². The second kappa shape index (κ2) is 7.76. The Labute approximate surface area is 152 Å². The summed E-state index contributed by atoms with van der Waals surface area (Å²) in [6.07, 6.45) is 0. The van der Waals surface area contributed by atoms with Crippen LogP contribution in [0.4, 0.5) is 5.69 Å². The molecule has 0 unspecified atom stereocenters. The van der Waals surface area contributed by atoms with Crippen molar-refractivity contribution in [2.75, 3.05) is 18.5 Å². The lowest BCUT2D eigenvalue weighted by Gasteiger charge is -2.28. The number of anilines is 1. The first-order valence-electron chi connectivity index (χ1n) is 8.44. The van der Waals surface area contributed by atoms with Crippen LogP contribution < -0.4 is 4.90 Å². The van der Waals surface area contributed by atoms with Crippen LogP contribution in [0.3, 0.4) is 0 Å². The van der Waals surface area contributed by atoms with Crippen LogP contribution in [-0.2, 0) is 11.3 Å². The highest BCUT2D eigenvalue weighted by molar-refractivity contribution is 7.18. The fourth-order valence-electron chi connectivity index (χ4n) is 2.90. The lowest BCUT2D eigenvalue weighted by molar-refractivity contribution is -0.119. The molecule has 3 rings (SSSR count). The summed E-state index contributed by atoms with van der Waals surface area (Å²) < 4.78 is 1.19. The van der Waals surface area contributed by atoms with Crippen LogP contribution in [0.5, 0.6) is 0 Å². The van der Waals surface area contributed by atoms with Crippen LogP contribution in [0.25, 0.3) is 10.2 Å². The van der Waals surface area contributed by atoms with Gasteiger partial charge in [0.15, 0.2) is 0 Å². The monoisotopic (exact) mass is 353 g/mol. The van der Waals surface area contributed by atoms with E-state index in [1.165, 1.54) is 4.70 Å². The van der Waals surface area contributed by atoms with Crippen LogP contribution >= 0.6 is 11.3 Å². The lowest BCUT2D eigenvalue weighted by atomic mass is 10.2. The normalized spacial score (nSPS) is 11.4. The first-order valence-corrected chi connectivity index (χ1v) is 9.26. The molecule has 0 saturated carbocycles. The molecule has 3 aromatic rings. The molecular weight excluding hydrogens is 330 g/mol. The molecule has 1 amide bonds. The zero-order valence-electron chi connectivity index (χ0n) is 14.8. The number of amides is 1. The molecule has 1 aromatic heterocycles. The Kier molecular flexibility index (Phi) is 5.46. The number of benzene rings is 2. The van der Waals surface area contributed by atoms with Crippen LogP contribution in [0.15, 0.2) is 54.6 Å². The van der Waals surface area contributed by atoms with E-state index in [0.717, 1.165) is 16.2 Å².